The number of rotatable bonds is 7. The number of halogens is 3. The van der Waals surface area contributed by atoms with Crippen LogP contribution in [0.3, 0.4) is 0 Å². The van der Waals surface area contributed by atoms with Gasteiger partial charge in [0.25, 0.3) is 0 Å². The minimum absolute atomic E-state index is 0.0657. The Morgan fingerprint density at radius 3 is 2.36 bits per heavy atom. The van der Waals surface area contributed by atoms with Crippen LogP contribution in [0, 0.1) is 0 Å². The summed E-state index contributed by atoms with van der Waals surface area (Å²) in [4.78, 5) is 11.6. The Bertz CT molecular complexity index is 330. The Balaban J connectivity index is 2.06. The Hall–Kier alpha value is -1.02. The summed E-state index contributed by atoms with van der Waals surface area (Å²) in [6.45, 7) is -0.915. The zero-order valence-corrected chi connectivity index (χ0v) is 12.7. The summed E-state index contributed by atoms with van der Waals surface area (Å²) in [5.41, 5.74) is -0.844. The van der Waals surface area contributed by atoms with Crippen LogP contribution in [0.1, 0.15) is 44.9 Å². The van der Waals surface area contributed by atoms with E-state index >= 15 is 0 Å². The lowest BCUT2D eigenvalue weighted by molar-refractivity contribution is -0.173. The van der Waals surface area contributed by atoms with Crippen molar-refractivity contribution < 1.29 is 27.8 Å². The highest BCUT2D eigenvalue weighted by Gasteiger charge is 2.28. The summed E-state index contributed by atoms with van der Waals surface area (Å²) in [6.07, 6.45) is 1.45. The van der Waals surface area contributed by atoms with Gasteiger partial charge in [-0.15, -0.1) is 0 Å². The molecule has 1 rings (SSSR count). The first-order valence-electron chi connectivity index (χ1n) is 7.69. The first kappa shape index (κ1) is 19.0. The molecule has 0 heterocycles. The van der Waals surface area contributed by atoms with Crippen LogP contribution in [-0.2, 0) is 4.74 Å². The molecule has 0 radical (unpaired) electrons. The largest absolute Gasteiger partial charge is 0.411 e. The maximum atomic E-state index is 11.8. The molecule has 0 aliphatic heterocycles. The molecule has 8 heteroatoms. The fourth-order valence-corrected chi connectivity index (χ4v) is 2.43. The van der Waals surface area contributed by atoms with Crippen LogP contribution < -0.4 is 10.6 Å². The van der Waals surface area contributed by atoms with Crippen LogP contribution >= 0.6 is 0 Å². The van der Waals surface area contributed by atoms with Gasteiger partial charge in [-0.1, -0.05) is 25.7 Å². The molecule has 0 spiro atoms. The van der Waals surface area contributed by atoms with E-state index in [1.54, 1.807) is 0 Å². The normalized spacial score (nSPS) is 18.5. The molecule has 0 unspecified atom stereocenters. The fourth-order valence-electron chi connectivity index (χ4n) is 2.43. The molecule has 0 saturated heterocycles. The van der Waals surface area contributed by atoms with Gasteiger partial charge in [-0.05, 0) is 19.3 Å². The lowest BCUT2D eigenvalue weighted by Crippen LogP contribution is -2.46. The third-order valence-corrected chi connectivity index (χ3v) is 3.63. The Labute approximate surface area is 128 Å². The summed E-state index contributed by atoms with van der Waals surface area (Å²) in [6, 6.07) is -0.423. The average Bonchev–Trinajstić information content (AvgIpc) is 2.65. The maximum absolute atomic E-state index is 11.8. The van der Waals surface area contributed by atoms with Crippen LogP contribution in [0.15, 0.2) is 0 Å². The van der Waals surface area contributed by atoms with E-state index in [1.807, 2.05) is 0 Å². The number of hydrogen-bond acceptors (Lipinski definition) is 3. The van der Waals surface area contributed by atoms with Gasteiger partial charge in [0, 0.05) is 19.7 Å². The van der Waals surface area contributed by atoms with Crippen LogP contribution in [0.4, 0.5) is 18.0 Å². The number of nitrogens with one attached hydrogen (secondary N) is 2. The van der Waals surface area contributed by atoms with Gasteiger partial charge in [-0.25, -0.2) is 4.79 Å². The Kier molecular flexibility index (Phi) is 7.95. The van der Waals surface area contributed by atoms with Gasteiger partial charge in [0.15, 0.2) is 0 Å². The van der Waals surface area contributed by atoms with Crippen molar-refractivity contribution in [2.75, 3.05) is 26.3 Å². The first-order valence-corrected chi connectivity index (χ1v) is 7.69. The van der Waals surface area contributed by atoms with Gasteiger partial charge in [-0.2, -0.15) is 13.2 Å². The van der Waals surface area contributed by atoms with E-state index in [9.17, 15) is 23.1 Å². The lowest BCUT2D eigenvalue weighted by Gasteiger charge is -2.26. The van der Waals surface area contributed by atoms with E-state index in [1.165, 1.54) is 0 Å². The van der Waals surface area contributed by atoms with Crippen molar-refractivity contribution >= 4 is 6.03 Å². The molecule has 3 N–H and O–H groups in total. The van der Waals surface area contributed by atoms with Crippen molar-refractivity contribution in [2.45, 2.75) is 56.7 Å². The SMILES string of the molecule is O=C(NCCCOCC(F)(F)F)NCC1(O)CCCCCC1. The molecule has 0 aromatic rings. The molecule has 0 aromatic heterocycles. The van der Waals surface area contributed by atoms with Crippen molar-refractivity contribution in [2.24, 2.45) is 0 Å². The molecule has 1 aliphatic rings. The summed E-state index contributed by atoms with van der Waals surface area (Å²) in [7, 11) is 0. The van der Waals surface area contributed by atoms with Crippen molar-refractivity contribution in [1.82, 2.24) is 10.6 Å². The molecule has 130 valence electrons. The summed E-state index contributed by atoms with van der Waals surface area (Å²) in [5, 5.41) is 15.5. The molecule has 22 heavy (non-hydrogen) atoms. The van der Waals surface area contributed by atoms with Gasteiger partial charge >= 0.3 is 12.2 Å². The zero-order chi connectivity index (χ0) is 16.5. The number of amides is 2. The Morgan fingerprint density at radius 1 is 1.14 bits per heavy atom. The van der Waals surface area contributed by atoms with E-state index in [2.05, 4.69) is 15.4 Å². The molecule has 1 aliphatic carbocycles. The highest BCUT2D eigenvalue weighted by molar-refractivity contribution is 5.73. The van der Waals surface area contributed by atoms with Crippen LogP contribution in [0.2, 0.25) is 0 Å². The first-order chi connectivity index (χ1) is 10.3. The van der Waals surface area contributed by atoms with E-state index in [-0.39, 0.29) is 19.7 Å². The molecule has 1 fully saturated rings. The minimum atomic E-state index is -4.32. The number of ether oxygens (including phenoxy) is 1. The predicted octanol–water partition coefficient (Wildman–Crippen LogP) is 2.34. The quantitative estimate of drug-likeness (QED) is 0.497. The van der Waals surface area contributed by atoms with E-state index in [4.69, 9.17) is 0 Å². The molecule has 0 bridgehead atoms. The van der Waals surface area contributed by atoms with Gasteiger partial charge in [0.05, 0.1) is 5.60 Å². The van der Waals surface area contributed by atoms with Crippen molar-refractivity contribution in [3.8, 4) is 0 Å². The average molecular weight is 326 g/mol. The van der Waals surface area contributed by atoms with Gasteiger partial charge in [0.1, 0.15) is 6.61 Å². The second-order valence-corrected chi connectivity index (χ2v) is 5.77. The van der Waals surface area contributed by atoms with Crippen molar-refractivity contribution in [3.05, 3.63) is 0 Å². The monoisotopic (exact) mass is 326 g/mol. The number of alkyl halides is 3. The summed E-state index contributed by atoms with van der Waals surface area (Å²) >= 11 is 0. The minimum Gasteiger partial charge on any atom is -0.388 e. The summed E-state index contributed by atoms with van der Waals surface area (Å²) in [5.74, 6) is 0. The van der Waals surface area contributed by atoms with E-state index in [0.29, 0.717) is 19.3 Å². The summed E-state index contributed by atoms with van der Waals surface area (Å²) < 4.78 is 39.8. The van der Waals surface area contributed by atoms with E-state index < -0.39 is 24.4 Å². The van der Waals surface area contributed by atoms with Crippen LogP contribution in [0.25, 0.3) is 0 Å². The highest BCUT2D eigenvalue weighted by Crippen LogP contribution is 2.26. The second-order valence-electron chi connectivity index (χ2n) is 5.77. The van der Waals surface area contributed by atoms with Crippen molar-refractivity contribution in [3.63, 3.8) is 0 Å². The number of hydrogen-bond donors (Lipinski definition) is 3. The molecular weight excluding hydrogens is 301 g/mol. The molecule has 0 atom stereocenters. The molecule has 0 aromatic carbocycles. The van der Waals surface area contributed by atoms with Crippen molar-refractivity contribution in [1.29, 1.82) is 0 Å². The molecule has 1 saturated carbocycles. The lowest BCUT2D eigenvalue weighted by atomic mass is 9.95. The highest BCUT2D eigenvalue weighted by atomic mass is 19.4. The van der Waals surface area contributed by atoms with Crippen LogP contribution in [0.5, 0.6) is 0 Å². The predicted molar refractivity (Wildman–Crippen MR) is 75.5 cm³/mol. The Morgan fingerprint density at radius 2 is 1.77 bits per heavy atom. The second kappa shape index (κ2) is 9.19. The van der Waals surface area contributed by atoms with E-state index in [0.717, 1.165) is 25.7 Å². The van der Waals surface area contributed by atoms with Crippen LogP contribution in [-0.4, -0.2) is 49.2 Å². The third-order valence-electron chi connectivity index (χ3n) is 3.63. The smallest absolute Gasteiger partial charge is 0.388 e. The van der Waals surface area contributed by atoms with Gasteiger partial charge in [0.2, 0.25) is 0 Å². The number of carbonyl (C=O) groups is 1. The van der Waals surface area contributed by atoms with Gasteiger partial charge < -0.3 is 20.5 Å². The number of carbonyl (C=O) groups excluding carboxylic acids is 1. The molecule has 2 amide bonds. The fraction of sp³-hybridized carbons (Fsp3) is 0.929. The third kappa shape index (κ3) is 9.09. The topological polar surface area (TPSA) is 70.6 Å². The number of urea groups is 1. The number of aliphatic hydroxyl groups is 1. The maximum Gasteiger partial charge on any atom is 0.411 e. The zero-order valence-electron chi connectivity index (χ0n) is 12.7. The molecular formula is C14H25F3N2O3. The van der Waals surface area contributed by atoms with Gasteiger partial charge in [-0.3, -0.25) is 0 Å². The standard InChI is InChI=1S/C14H25F3N2O3/c15-14(16,17)11-22-9-5-8-18-12(20)19-10-13(21)6-3-1-2-4-7-13/h21H,1-11H2,(H2,18,19,20). The molecule has 5 nitrogen and oxygen atoms in total.